The van der Waals surface area contributed by atoms with Crippen molar-refractivity contribution >= 4 is 35.1 Å². The summed E-state index contributed by atoms with van der Waals surface area (Å²) in [7, 11) is 0. The maximum Gasteiger partial charge on any atom is 0.340 e. The van der Waals surface area contributed by atoms with Gasteiger partial charge in [-0.1, -0.05) is 24.9 Å². The van der Waals surface area contributed by atoms with Crippen LogP contribution in [0.1, 0.15) is 57.8 Å². The molecule has 2 aromatic carbocycles. The third-order valence-corrected chi connectivity index (χ3v) is 4.20. The van der Waals surface area contributed by atoms with E-state index in [1.54, 1.807) is 37.3 Å². The van der Waals surface area contributed by atoms with Crippen LogP contribution in [0.2, 0.25) is 5.02 Å². The minimum Gasteiger partial charge on any atom is -0.462 e. The second kappa shape index (κ2) is 10.5. The highest BCUT2D eigenvalue weighted by Gasteiger charge is 2.18. The molecule has 28 heavy (non-hydrogen) atoms. The highest BCUT2D eigenvalue weighted by Crippen LogP contribution is 2.21. The van der Waals surface area contributed by atoms with E-state index in [1.807, 2.05) is 6.92 Å². The number of amides is 2. The molecule has 0 fully saturated rings. The lowest BCUT2D eigenvalue weighted by Crippen LogP contribution is -2.25. The average molecular weight is 403 g/mol. The molecule has 0 aliphatic heterocycles. The molecule has 6 nitrogen and oxygen atoms in total. The van der Waals surface area contributed by atoms with Crippen LogP contribution in [0.4, 0.5) is 5.69 Å². The molecule has 0 unspecified atom stereocenters. The van der Waals surface area contributed by atoms with Crippen LogP contribution >= 0.6 is 11.6 Å². The molecule has 2 rings (SSSR count). The van der Waals surface area contributed by atoms with Gasteiger partial charge in [-0.2, -0.15) is 0 Å². The van der Waals surface area contributed by atoms with Crippen LogP contribution in [0.25, 0.3) is 0 Å². The third-order valence-electron chi connectivity index (χ3n) is 3.95. The summed E-state index contributed by atoms with van der Waals surface area (Å²) < 4.78 is 5.07. The van der Waals surface area contributed by atoms with E-state index in [9.17, 15) is 14.4 Å². The highest BCUT2D eigenvalue weighted by molar-refractivity contribution is 6.30. The maximum atomic E-state index is 12.5. The first-order valence-corrected chi connectivity index (χ1v) is 9.50. The molecule has 148 valence electrons. The fraction of sp³-hybridized carbons (Fsp3) is 0.286. The first-order valence-electron chi connectivity index (χ1n) is 9.12. The summed E-state index contributed by atoms with van der Waals surface area (Å²) in [5.41, 5.74) is 1.10. The lowest BCUT2D eigenvalue weighted by molar-refractivity contribution is 0.0527. The summed E-state index contributed by atoms with van der Waals surface area (Å²) in [5.74, 6) is -1.30. The molecule has 0 bridgehead atoms. The molecule has 7 heteroatoms. The van der Waals surface area contributed by atoms with Crippen LogP contribution in [0.3, 0.4) is 0 Å². The lowest BCUT2D eigenvalue weighted by atomic mass is 10.1. The largest absolute Gasteiger partial charge is 0.462 e. The normalized spacial score (nSPS) is 10.2. The Bertz CT molecular complexity index is 850. The van der Waals surface area contributed by atoms with Crippen molar-refractivity contribution in [1.82, 2.24) is 5.32 Å². The number of hydrogen-bond donors (Lipinski definition) is 2. The van der Waals surface area contributed by atoms with Crippen LogP contribution in [-0.2, 0) is 4.74 Å². The van der Waals surface area contributed by atoms with Crippen LogP contribution in [0.15, 0.2) is 42.5 Å². The minimum atomic E-state index is -0.614. The molecular weight excluding hydrogens is 380 g/mol. The molecule has 0 aliphatic rings. The van der Waals surface area contributed by atoms with Crippen molar-refractivity contribution < 1.29 is 19.1 Å². The van der Waals surface area contributed by atoms with Crippen LogP contribution in [0.5, 0.6) is 0 Å². The summed E-state index contributed by atoms with van der Waals surface area (Å²) in [6.07, 6.45) is 1.83. The van der Waals surface area contributed by atoms with Crippen molar-refractivity contribution in [3.8, 4) is 0 Å². The van der Waals surface area contributed by atoms with Crippen molar-refractivity contribution in [2.75, 3.05) is 18.5 Å². The molecule has 0 aromatic heterocycles. The minimum absolute atomic E-state index is 0.118. The van der Waals surface area contributed by atoms with Crippen LogP contribution < -0.4 is 10.6 Å². The fourth-order valence-electron chi connectivity index (χ4n) is 2.45. The van der Waals surface area contributed by atoms with E-state index in [1.165, 1.54) is 12.1 Å². The molecule has 2 N–H and O–H groups in total. The van der Waals surface area contributed by atoms with E-state index in [4.69, 9.17) is 16.3 Å². The van der Waals surface area contributed by atoms with Gasteiger partial charge in [0.15, 0.2) is 0 Å². The van der Waals surface area contributed by atoms with E-state index < -0.39 is 11.9 Å². The number of nitrogens with one attached hydrogen (secondary N) is 2. The monoisotopic (exact) mass is 402 g/mol. The van der Waals surface area contributed by atoms with Crippen molar-refractivity contribution in [1.29, 1.82) is 0 Å². The lowest BCUT2D eigenvalue weighted by Gasteiger charge is -2.13. The Morgan fingerprint density at radius 3 is 2.29 bits per heavy atom. The standard InChI is InChI=1S/C21H23ClN2O4/c1-3-5-12-23-19(25)15-8-11-18(17(13-15)21(27)28-4-2)24-20(26)14-6-9-16(22)10-7-14/h6-11,13H,3-5,12H2,1-2H3,(H,23,25)(H,24,26). The second-order valence-electron chi connectivity index (χ2n) is 6.05. The predicted molar refractivity (Wildman–Crippen MR) is 109 cm³/mol. The zero-order chi connectivity index (χ0) is 20.5. The quantitative estimate of drug-likeness (QED) is 0.509. The van der Waals surface area contributed by atoms with Gasteiger partial charge in [0.1, 0.15) is 0 Å². The Morgan fingerprint density at radius 1 is 0.964 bits per heavy atom. The first kappa shape index (κ1) is 21.4. The van der Waals surface area contributed by atoms with Gasteiger partial charge in [0.2, 0.25) is 0 Å². The molecule has 0 saturated carbocycles. The number of unbranched alkanes of at least 4 members (excludes halogenated alkanes) is 1. The fourth-order valence-corrected chi connectivity index (χ4v) is 2.57. The Balaban J connectivity index is 2.26. The van der Waals surface area contributed by atoms with Gasteiger partial charge in [0.25, 0.3) is 11.8 Å². The average Bonchev–Trinajstić information content (AvgIpc) is 2.69. The van der Waals surface area contributed by atoms with E-state index in [0.717, 1.165) is 12.8 Å². The molecule has 0 aliphatic carbocycles. The number of ether oxygens (including phenoxy) is 1. The van der Waals surface area contributed by atoms with Crippen molar-refractivity contribution in [3.63, 3.8) is 0 Å². The van der Waals surface area contributed by atoms with Crippen LogP contribution in [-0.4, -0.2) is 30.9 Å². The smallest absolute Gasteiger partial charge is 0.340 e. The Hall–Kier alpha value is -2.86. The predicted octanol–water partition coefficient (Wildman–Crippen LogP) is 4.30. The summed E-state index contributed by atoms with van der Waals surface area (Å²) in [5, 5.41) is 6.00. The van der Waals surface area contributed by atoms with E-state index in [-0.39, 0.29) is 23.8 Å². The number of hydrogen-bond acceptors (Lipinski definition) is 4. The summed E-state index contributed by atoms with van der Waals surface area (Å²) >= 11 is 5.84. The summed E-state index contributed by atoms with van der Waals surface area (Å²) in [6.45, 7) is 4.45. The zero-order valence-corrected chi connectivity index (χ0v) is 16.6. The van der Waals surface area contributed by atoms with Gasteiger partial charge in [0, 0.05) is 22.7 Å². The number of esters is 1. The van der Waals surface area contributed by atoms with Crippen molar-refractivity contribution in [2.45, 2.75) is 26.7 Å². The Labute approximate surface area is 169 Å². The first-order chi connectivity index (χ1) is 13.5. The molecule has 0 spiro atoms. The summed E-state index contributed by atoms with van der Waals surface area (Å²) in [6, 6.07) is 10.9. The van der Waals surface area contributed by atoms with Crippen molar-refractivity contribution in [3.05, 3.63) is 64.2 Å². The number of anilines is 1. The second-order valence-corrected chi connectivity index (χ2v) is 6.49. The molecule has 0 heterocycles. The van der Waals surface area contributed by atoms with E-state index in [2.05, 4.69) is 10.6 Å². The SMILES string of the molecule is CCCCNC(=O)c1ccc(NC(=O)c2ccc(Cl)cc2)c(C(=O)OCC)c1. The number of benzene rings is 2. The van der Waals surface area contributed by atoms with Crippen molar-refractivity contribution in [2.24, 2.45) is 0 Å². The van der Waals surface area contributed by atoms with Gasteiger partial charge in [-0.25, -0.2) is 4.79 Å². The Kier molecular flexibility index (Phi) is 8.02. The number of halogens is 1. The number of rotatable bonds is 8. The Morgan fingerprint density at radius 2 is 1.64 bits per heavy atom. The number of carbonyl (C=O) groups is 3. The van der Waals surface area contributed by atoms with Gasteiger partial charge < -0.3 is 15.4 Å². The van der Waals surface area contributed by atoms with Gasteiger partial charge in [-0.05, 0) is 55.8 Å². The molecule has 0 saturated heterocycles. The maximum absolute atomic E-state index is 12.5. The zero-order valence-electron chi connectivity index (χ0n) is 15.9. The van der Waals surface area contributed by atoms with Gasteiger partial charge >= 0.3 is 5.97 Å². The molecule has 0 atom stereocenters. The van der Waals surface area contributed by atoms with E-state index in [0.29, 0.717) is 22.7 Å². The topological polar surface area (TPSA) is 84.5 Å². The van der Waals surface area contributed by atoms with Gasteiger partial charge in [-0.15, -0.1) is 0 Å². The molecule has 2 amide bonds. The molecule has 2 aromatic rings. The van der Waals surface area contributed by atoms with E-state index >= 15 is 0 Å². The van der Waals surface area contributed by atoms with Crippen LogP contribution in [0, 0.1) is 0 Å². The van der Waals surface area contributed by atoms with Gasteiger partial charge in [-0.3, -0.25) is 9.59 Å². The molecular formula is C21H23ClN2O4. The summed E-state index contributed by atoms with van der Waals surface area (Å²) in [4.78, 5) is 37.1. The number of carbonyl (C=O) groups excluding carboxylic acids is 3. The highest BCUT2D eigenvalue weighted by atomic mass is 35.5. The molecule has 0 radical (unpaired) electrons. The third kappa shape index (κ3) is 5.82. The van der Waals surface area contributed by atoms with Gasteiger partial charge in [0.05, 0.1) is 17.9 Å².